The molecule has 228 valence electrons. The number of fused-ring (bicyclic) bond motifs is 1. The molecule has 2 N–H and O–H groups in total. The van der Waals surface area contributed by atoms with E-state index in [0.29, 0.717) is 41.1 Å². The molecule has 0 saturated heterocycles. The molecule has 0 radical (unpaired) electrons. The third-order valence-corrected chi connectivity index (χ3v) is 8.43. The highest BCUT2D eigenvalue weighted by Gasteiger charge is 2.37. The van der Waals surface area contributed by atoms with E-state index in [1.165, 1.54) is 56.8 Å². The van der Waals surface area contributed by atoms with Crippen molar-refractivity contribution in [3.05, 3.63) is 78.2 Å². The summed E-state index contributed by atoms with van der Waals surface area (Å²) in [5.74, 6) is -0.0214. The minimum Gasteiger partial charge on any atom is -0.493 e. The van der Waals surface area contributed by atoms with Gasteiger partial charge in [0.25, 0.3) is 10.0 Å². The number of sulfonamides is 1. The first-order valence-corrected chi connectivity index (χ1v) is 15.0. The van der Waals surface area contributed by atoms with Crippen molar-refractivity contribution in [3.63, 3.8) is 0 Å². The predicted molar refractivity (Wildman–Crippen MR) is 153 cm³/mol. The Bertz CT molecular complexity index is 1710. The third-order valence-electron chi connectivity index (χ3n) is 6.99. The fraction of sp³-hybridized carbons (Fsp3) is 0.300. The van der Waals surface area contributed by atoms with E-state index in [-0.39, 0.29) is 17.2 Å². The number of pyridine rings is 1. The Morgan fingerprint density at radius 2 is 1.77 bits per heavy atom. The molecule has 0 unspecified atom stereocenters. The number of ether oxygens (including phenoxy) is 3. The highest BCUT2D eigenvalue weighted by atomic mass is 32.2. The van der Waals surface area contributed by atoms with Gasteiger partial charge in [0.1, 0.15) is 5.75 Å². The molecule has 0 amide bonds. The summed E-state index contributed by atoms with van der Waals surface area (Å²) < 4.78 is 99.8. The number of hydrogen-bond donors (Lipinski definition) is 2. The predicted octanol–water partition coefficient (Wildman–Crippen LogP) is 6.91. The number of aromatic nitrogens is 1. The van der Waals surface area contributed by atoms with Crippen LogP contribution in [0.4, 0.5) is 23.2 Å². The topological polar surface area (TPSA) is 98.8 Å². The average Bonchev–Trinajstić information content (AvgIpc) is 2.94. The molecule has 3 aromatic carbocycles. The summed E-state index contributed by atoms with van der Waals surface area (Å²) in [6, 6.07) is 12.4. The van der Waals surface area contributed by atoms with Gasteiger partial charge >= 0.3 is 6.18 Å². The molecule has 1 aliphatic rings. The Morgan fingerprint density at radius 1 is 0.977 bits per heavy atom. The molecular weight excluding hydrogens is 590 g/mol. The monoisotopic (exact) mass is 619 g/mol. The number of methoxy groups -OCH3 is 1. The van der Waals surface area contributed by atoms with Crippen molar-refractivity contribution in [2.24, 2.45) is 0 Å². The van der Waals surface area contributed by atoms with E-state index in [4.69, 9.17) is 14.2 Å². The first kappa shape index (κ1) is 30.4. The number of benzene rings is 3. The van der Waals surface area contributed by atoms with Crippen LogP contribution in [0.15, 0.2) is 71.8 Å². The van der Waals surface area contributed by atoms with E-state index in [2.05, 4.69) is 10.3 Å². The number of rotatable bonds is 12. The second kappa shape index (κ2) is 12.6. The summed E-state index contributed by atoms with van der Waals surface area (Å²) in [6.45, 7) is 1.32. The van der Waals surface area contributed by atoms with Crippen LogP contribution in [0.2, 0.25) is 0 Å². The normalized spacial score (nSPS) is 13.9. The minimum atomic E-state index is -4.90. The van der Waals surface area contributed by atoms with Gasteiger partial charge in [0.05, 0.1) is 35.4 Å². The van der Waals surface area contributed by atoms with Crippen molar-refractivity contribution in [1.29, 1.82) is 0 Å². The number of alkyl halides is 3. The fourth-order valence-corrected chi connectivity index (χ4v) is 5.85. The van der Waals surface area contributed by atoms with Gasteiger partial charge < -0.3 is 19.5 Å². The molecule has 1 heterocycles. The lowest BCUT2D eigenvalue weighted by atomic mass is 9.93. The zero-order chi connectivity index (χ0) is 30.6. The lowest BCUT2D eigenvalue weighted by molar-refractivity contribution is -0.139. The van der Waals surface area contributed by atoms with Gasteiger partial charge in [-0.2, -0.15) is 13.2 Å². The van der Waals surface area contributed by atoms with Crippen molar-refractivity contribution in [3.8, 4) is 23.0 Å². The number of hydrogen-bond acceptors (Lipinski definition) is 7. The largest absolute Gasteiger partial charge is 0.493 e. The summed E-state index contributed by atoms with van der Waals surface area (Å²) in [6.07, 6.45) is 1.09. The van der Waals surface area contributed by atoms with E-state index < -0.39 is 32.5 Å². The molecule has 0 spiro atoms. The molecule has 0 bridgehead atoms. The summed E-state index contributed by atoms with van der Waals surface area (Å²) in [5.41, 5.74) is -1.11. The second-order valence-corrected chi connectivity index (χ2v) is 11.6. The first-order chi connectivity index (χ1) is 20.5. The molecule has 0 aliphatic heterocycles. The minimum absolute atomic E-state index is 0.242. The quantitative estimate of drug-likeness (QED) is 0.131. The Kier molecular flexibility index (Phi) is 8.92. The van der Waals surface area contributed by atoms with Crippen molar-refractivity contribution >= 4 is 26.6 Å². The van der Waals surface area contributed by atoms with Crippen molar-refractivity contribution in [2.75, 3.05) is 25.0 Å². The molecule has 5 rings (SSSR count). The zero-order valence-corrected chi connectivity index (χ0v) is 23.9. The van der Waals surface area contributed by atoms with E-state index >= 15 is 4.39 Å². The van der Waals surface area contributed by atoms with Crippen LogP contribution in [0.5, 0.6) is 23.0 Å². The summed E-state index contributed by atoms with van der Waals surface area (Å²) in [4.78, 5) is 3.38. The van der Waals surface area contributed by atoms with Crippen LogP contribution in [0, 0.1) is 5.82 Å². The molecule has 13 heteroatoms. The number of halogens is 4. The second-order valence-electron chi connectivity index (χ2n) is 9.96. The fourth-order valence-electron chi connectivity index (χ4n) is 4.57. The van der Waals surface area contributed by atoms with Gasteiger partial charge in [0, 0.05) is 29.8 Å². The number of nitrogens with zero attached hydrogens (tertiary/aromatic N) is 1. The molecule has 43 heavy (non-hydrogen) atoms. The summed E-state index contributed by atoms with van der Waals surface area (Å²) >= 11 is 0. The Labute approximate surface area is 246 Å². The van der Waals surface area contributed by atoms with Gasteiger partial charge in [-0.1, -0.05) is 18.6 Å². The van der Waals surface area contributed by atoms with Gasteiger partial charge in [-0.05, 0) is 62.2 Å². The van der Waals surface area contributed by atoms with Crippen LogP contribution in [-0.4, -0.2) is 39.7 Å². The van der Waals surface area contributed by atoms with E-state index in [9.17, 15) is 21.6 Å². The van der Waals surface area contributed by atoms with Crippen LogP contribution < -0.4 is 24.2 Å². The zero-order valence-electron chi connectivity index (χ0n) is 23.1. The molecular formula is C30H29F4N3O5S. The molecule has 0 atom stereocenters. The van der Waals surface area contributed by atoms with Gasteiger partial charge in [-0.15, -0.1) is 0 Å². The third kappa shape index (κ3) is 7.11. The molecule has 4 aromatic rings. The Balaban J connectivity index is 1.31. The van der Waals surface area contributed by atoms with E-state index in [1.807, 2.05) is 4.72 Å². The molecule has 1 aliphatic carbocycles. The van der Waals surface area contributed by atoms with Crippen LogP contribution in [0.3, 0.4) is 0 Å². The average molecular weight is 620 g/mol. The van der Waals surface area contributed by atoms with Crippen molar-refractivity contribution in [2.45, 2.75) is 42.8 Å². The molecule has 1 fully saturated rings. The Morgan fingerprint density at radius 3 is 2.47 bits per heavy atom. The SMILES string of the molecule is COc1cc2c(Oc3ccc(NS(=O)(=O)c4ccccc4C(F)(F)F)cc3F)ccnc2cc1OCCCNC1CCC1. The van der Waals surface area contributed by atoms with Gasteiger partial charge in [0.15, 0.2) is 23.1 Å². The molecule has 1 aromatic heterocycles. The molecule has 1 saturated carbocycles. The maximum Gasteiger partial charge on any atom is 0.417 e. The highest BCUT2D eigenvalue weighted by molar-refractivity contribution is 7.92. The van der Waals surface area contributed by atoms with Crippen LogP contribution in [0.1, 0.15) is 31.2 Å². The van der Waals surface area contributed by atoms with Crippen LogP contribution >= 0.6 is 0 Å². The standard InChI is InChI=1S/C30H29F4N3O5S/c1-40-27-17-21-24(18-28(27)41-15-5-13-35-19-6-4-7-19)36-14-12-25(21)42-26-11-10-20(16-23(26)31)37-43(38,39)29-9-3-2-8-22(29)30(32,33)34/h2-3,8-12,14,16-19,35,37H,4-7,13,15H2,1H3. The first-order valence-electron chi connectivity index (χ1n) is 13.5. The van der Waals surface area contributed by atoms with Crippen LogP contribution in [-0.2, 0) is 16.2 Å². The molecule has 8 nitrogen and oxygen atoms in total. The maximum absolute atomic E-state index is 15.1. The number of nitrogens with one attached hydrogen (secondary N) is 2. The Hall–Kier alpha value is -4.10. The smallest absolute Gasteiger partial charge is 0.417 e. The number of anilines is 1. The van der Waals surface area contributed by atoms with E-state index in [1.54, 1.807) is 12.1 Å². The van der Waals surface area contributed by atoms with Crippen LogP contribution in [0.25, 0.3) is 10.9 Å². The summed E-state index contributed by atoms with van der Waals surface area (Å²) in [5, 5.41) is 3.99. The summed E-state index contributed by atoms with van der Waals surface area (Å²) in [7, 11) is -3.19. The van der Waals surface area contributed by atoms with E-state index in [0.717, 1.165) is 31.2 Å². The van der Waals surface area contributed by atoms with Crippen molar-refractivity contribution in [1.82, 2.24) is 10.3 Å². The lowest BCUT2D eigenvalue weighted by Gasteiger charge is -2.26. The maximum atomic E-state index is 15.1. The van der Waals surface area contributed by atoms with Gasteiger partial charge in [0.2, 0.25) is 0 Å². The highest BCUT2D eigenvalue weighted by Crippen LogP contribution is 2.38. The van der Waals surface area contributed by atoms with Gasteiger partial charge in [-0.3, -0.25) is 9.71 Å². The van der Waals surface area contributed by atoms with Crippen molar-refractivity contribution < 1.29 is 40.2 Å². The lowest BCUT2D eigenvalue weighted by Crippen LogP contribution is -2.36. The van der Waals surface area contributed by atoms with Gasteiger partial charge in [-0.25, -0.2) is 12.8 Å².